The molecule has 0 aliphatic rings. The number of rotatable bonds is 6. The second-order valence-electron chi connectivity index (χ2n) is 5.74. The Morgan fingerprint density at radius 1 is 0.917 bits per heavy atom. The highest BCUT2D eigenvalue weighted by Gasteiger charge is 2.23. The van der Waals surface area contributed by atoms with E-state index in [-0.39, 0.29) is 4.90 Å². The van der Waals surface area contributed by atoms with Gasteiger partial charge >= 0.3 is 0 Å². The predicted molar refractivity (Wildman–Crippen MR) is 95.7 cm³/mol. The van der Waals surface area contributed by atoms with Crippen LogP contribution >= 0.6 is 0 Å². The Morgan fingerprint density at radius 3 is 2.00 bits per heavy atom. The van der Waals surface area contributed by atoms with Gasteiger partial charge in [0.1, 0.15) is 0 Å². The standard InChI is InChI=1S/C18H23NO4S/c1-13(2)14-6-8-15(9-7-14)19(3)24(20,21)16-10-11-17(22-4)18(12-16)23-5/h6-13H,1-5H3. The smallest absolute Gasteiger partial charge is 0.264 e. The molecule has 5 nitrogen and oxygen atoms in total. The van der Waals surface area contributed by atoms with Gasteiger partial charge in [-0.15, -0.1) is 0 Å². The summed E-state index contributed by atoms with van der Waals surface area (Å²) in [7, 11) is 0.836. The first-order valence-electron chi connectivity index (χ1n) is 7.62. The molecule has 0 bridgehead atoms. The summed E-state index contributed by atoms with van der Waals surface area (Å²) in [4.78, 5) is 0.149. The van der Waals surface area contributed by atoms with E-state index >= 15 is 0 Å². The SMILES string of the molecule is COc1ccc(S(=O)(=O)N(C)c2ccc(C(C)C)cc2)cc1OC. The van der Waals surface area contributed by atoms with Crippen LogP contribution in [0.4, 0.5) is 5.69 Å². The average molecular weight is 349 g/mol. The molecule has 0 saturated carbocycles. The van der Waals surface area contributed by atoms with Gasteiger partial charge in [0, 0.05) is 13.1 Å². The lowest BCUT2D eigenvalue weighted by Crippen LogP contribution is -2.26. The van der Waals surface area contributed by atoms with Gasteiger partial charge in [0.05, 0.1) is 24.8 Å². The van der Waals surface area contributed by atoms with Gasteiger partial charge < -0.3 is 9.47 Å². The van der Waals surface area contributed by atoms with Crippen molar-refractivity contribution in [3.63, 3.8) is 0 Å². The van der Waals surface area contributed by atoms with Crippen LogP contribution in [0.5, 0.6) is 11.5 Å². The Morgan fingerprint density at radius 2 is 1.50 bits per heavy atom. The summed E-state index contributed by atoms with van der Waals surface area (Å²) in [5.41, 5.74) is 1.77. The molecule has 2 rings (SSSR count). The van der Waals surface area contributed by atoms with Gasteiger partial charge in [0.25, 0.3) is 10.0 Å². The van der Waals surface area contributed by atoms with Crippen LogP contribution in [0.2, 0.25) is 0 Å². The first-order chi connectivity index (χ1) is 11.3. The molecule has 0 aliphatic carbocycles. The Kier molecular flexibility index (Phi) is 5.39. The first-order valence-corrected chi connectivity index (χ1v) is 9.06. The third kappa shape index (κ3) is 3.48. The quantitative estimate of drug-likeness (QED) is 0.799. The maximum Gasteiger partial charge on any atom is 0.264 e. The molecule has 0 spiro atoms. The van der Waals surface area contributed by atoms with Crippen LogP contribution in [0.3, 0.4) is 0 Å². The van der Waals surface area contributed by atoms with Crippen LogP contribution in [-0.4, -0.2) is 29.7 Å². The first kappa shape index (κ1) is 18.1. The number of anilines is 1. The minimum absolute atomic E-state index is 0.149. The molecule has 0 amide bonds. The maximum absolute atomic E-state index is 12.8. The molecular weight excluding hydrogens is 326 g/mol. The molecule has 6 heteroatoms. The summed E-state index contributed by atoms with van der Waals surface area (Å²) in [6.45, 7) is 4.19. The Bertz CT molecular complexity index is 798. The third-order valence-corrected chi connectivity index (χ3v) is 5.72. The molecule has 0 unspecified atom stereocenters. The van der Waals surface area contributed by atoms with Crippen molar-refractivity contribution in [2.45, 2.75) is 24.7 Å². The maximum atomic E-state index is 12.8. The fourth-order valence-corrected chi connectivity index (χ4v) is 3.55. The predicted octanol–water partition coefficient (Wildman–Crippen LogP) is 3.65. The summed E-state index contributed by atoms with van der Waals surface area (Å²) < 4.78 is 37.3. The van der Waals surface area contributed by atoms with E-state index in [1.165, 1.54) is 37.7 Å². The summed E-state index contributed by atoms with van der Waals surface area (Å²) in [6.07, 6.45) is 0. The normalized spacial score (nSPS) is 11.4. The van der Waals surface area contributed by atoms with Crippen molar-refractivity contribution in [2.24, 2.45) is 0 Å². The number of ether oxygens (including phenoxy) is 2. The van der Waals surface area contributed by atoms with Crippen molar-refractivity contribution in [2.75, 3.05) is 25.6 Å². The molecule has 0 saturated heterocycles. The van der Waals surface area contributed by atoms with Gasteiger partial charge in [-0.25, -0.2) is 8.42 Å². The van der Waals surface area contributed by atoms with Crippen LogP contribution in [-0.2, 0) is 10.0 Å². The van der Waals surface area contributed by atoms with E-state index in [9.17, 15) is 8.42 Å². The fraction of sp³-hybridized carbons (Fsp3) is 0.333. The minimum Gasteiger partial charge on any atom is -0.493 e. The lowest BCUT2D eigenvalue weighted by atomic mass is 10.0. The Hall–Kier alpha value is -2.21. The molecule has 0 aromatic heterocycles. The number of methoxy groups -OCH3 is 2. The van der Waals surface area contributed by atoms with Crippen LogP contribution in [0.25, 0.3) is 0 Å². The summed E-state index contributed by atoms with van der Waals surface area (Å²) >= 11 is 0. The number of hydrogen-bond donors (Lipinski definition) is 0. The van der Waals surface area contributed by atoms with Gasteiger partial charge in [-0.05, 0) is 35.7 Å². The average Bonchev–Trinajstić information content (AvgIpc) is 2.60. The topological polar surface area (TPSA) is 55.8 Å². The monoisotopic (exact) mass is 349 g/mol. The zero-order valence-electron chi connectivity index (χ0n) is 14.6. The number of nitrogens with zero attached hydrogens (tertiary/aromatic N) is 1. The van der Waals surface area contributed by atoms with E-state index in [4.69, 9.17) is 9.47 Å². The molecule has 130 valence electrons. The molecule has 0 heterocycles. The largest absolute Gasteiger partial charge is 0.493 e. The summed E-state index contributed by atoms with van der Waals surface area (Å²) in [5.74, 6) is 1.26. The molecule has 0 atom stereocenters. The zero-order chi connectivity index (χ0) is 17.9. The van der Waals surface area contributed by atoms with E-state index in [2.05, 4.69) is 13.8 Å². The second-order valence-corrected chi connectivity index (χ2v) is 7.70. The van der Waals surface area contributed by atoms with Crippen molar-refractivity contribution in [1.82, 2.24) is 0 Å². The minimum atomic E-state index is -3.68. The highest BCUT2D eigenvalue weighted by molar-refractivity contribution is 7.92. The number of hydrogen-bond acceptors (Lipinski definition) is 4. The lowest BCUT2D eigenvalue weighted by molar-refractivity contribution is 0.354. The molecular formula is C18H23NO4S. The van der Waals surface area contributed by atoms with Crippen LogP contribution < -0.4 is 13.8 Å². The van der Waals surface area contributed by atoms with E-state index in [1.54, 1.807) is 6.07 Å². The molecule has 2 aromatic rings. The van der Waals surface area contributed by atoms with E-state index in [0.717, 1.165) is 5.56 Å². The molecule has 0 N–H and O–H groups in total. The van der Waals surface area contributed by atoms with Crippen molar-refractivity contribution >= 4 is 15.7 Å². The molecule has 0 fully saturated rings. The van der Waals surface area contributed by atoms with Gasteiger partial charge in [-0.1, -0.05) is 26.0 Å². The fourth-order valence-electron chi connectivity index (χ4n) is 2.34. The van der Waals surface area contributed by atoms with E-state index < -0.39 is 10.0 Å². The molecule has 0 aliphatic heterocycles. The zero-order valence-corrected chi connectivity index (χ0v) is 15.4. The van der Waals surface area contributed by atoms with E-state index in [0.29, 0.717) is 23.1 Å². The van der Waals surface area contributed by atoms with Crippen molar-refractivity contribution in [3.8, 4) is 11.5 Å². The third-order valence-electron chi connectivity index (χ3n) is 3.94. The Labute approximate surface area is 143 Å². The van der Waals surface area contributed by atoms with Crippen molar-refractivity contribution < 1.29 is 17.9 Å². The van der Waals surface area contributed by atoms with Crippen molar-refractivity contribution in [1.29, 1.82) is 0 Å². The van der Waals surface area contributed by atoms with Crippen molar-refractivity contribution in [3.05, 3.63) is 48.0 Å². The van der Waals surface area contributed by atoms with E-state index in [1.807, 2.05) is 24.3 Å². The van der Waals surface area contributed by atoms with Gasteiger partial charge in [-0.3, -0.25) is 4.31 Å². The number of benzene rings is 2. The van der Waals surface area contributed by atoms with Gasteiger partial charge in [0.15, 0.2) is 11.5 Å². The number of sulfonamides is 1. The van der Waals surface area contributed by atoms with Crippen LogP contribution in [0, 0.1) is 0 Å². The molecule has 0 radical (unpaired) electrons. The lowest BCUT2D eigenvalue weighted by Gasteiger charge is -2.21. The Balaban J connectivity index is 2.38. The molecule has 24 heavy (non-hydrogen) atoms. The molecule has 2 aromatic carbocycles. The van der Waals surface area contributed by atoms with Gasteiger partial charge in [-0.2, -0.15) is 0 Å². The van der Waals surface area contributed by atoms with Crippen LogP contribution in [0.15, 0.2) is 47.4 Å². The summed E-state index contributed by atoms with van der Waals surface area (Å²) in [5, 5.41) is 0. The highest BCUT2D eigenvalue weighted by Crippen LogP contribution is 2.31. The summed E-state index contributed by atoms with van der Waals surface area (Å²) in [6, 6.07) is 12.1. The van der Waals surface area contributed by atoms with Crippen LogP contribution in [0.1, 0.15) is 25.3 Å². The van der Waals surface area contributed by atoms with Gasteiger partial charge in [0.2, 0.25) is 0 Å². The second kappa shape index (κ2) is 7.13. The highest BCUT2D eigenvalue weighted by atomic mass is 32.2.